The van der Waals surface area contributed by atoms with Crippen molar-refractivity contribution in [2.45, 2.75) is 95.1 Å². The lowest BCUT2D eigenvalue weighted by molar-refractivity contribution is -0.133. The molecular weight excluding hydrogens is 703 g/mol. The molecule has 292 valence electrons. The molecule has 4 aromatic rings. The fraction of sp³-hybridized carbons (Fsp3) is 0.500. The molecule has 0 saturated carbocycles. The van der Waals surface area contributed by atoms with Gasteiger partial charge < -0.3 is 20.0 Å². The topological polar surface area (TPSA) is 115 Å². The largest absolute Gasteiger partial charge is 0.374 e. The van der Waals surface area contributed by atoms with Crippen LogP contribution in [0.25, 0.3) is 5.65 Å². The molecule has 3 fully saturated rings. The Kier molecular flexibility index (Phi) is 12.3. The standard InChI is InChI=1S/C42H52F2N8O3/c1-49(42(55)34-28-45-52-26-20-38(47-40(34)52)51-23-8-9-37(51)33-27-31(43)12-15-35(33)44)21-6-4-2-3-5-7-22-50-24-18-30(19-25-50)29-10-13-32(14-11-29)46-36-16-17-39(53)48-41(36)54/h10-15,20,26-28,30,36-37,46H,2-9,16-19,21-25H2,1H3,(H,48,53,54)/t36?,37-/m1/s1. The van der Waals surface area contributed by atoms with Gasteiger partial charge in [0.15, 0.2) is 5.65 Å². The normalized spacial score (nSPS) is 19.6. The van der Waals surface area contributed by atoms with Crippen LogP contribution in [0.1, 0.15) is 110 Å². The minimum Gasteiger partial charge on any atom is -0.374 e. The first kappa shape index (κ1) is 38.4. The molecule has 2 N–H and O–H groups in total. The van der Waals surface area contributed by atoms with E-state index in [4.69, 9.17) is 4.98 Å². The van der Waals surface area contributed by atoms with Crippen LogP contribution in [0.15, 0.2) is 60.9 Å². The van der Waals surface area contributed by atoms with Gasteiger partial charge in [0.2, 0.25) is 11.8 Å². The predicted molar refractivity (Wildman–Crippen MR) is 208 cm³/mol. The Balaban J connectivity index is 0.785. The minimum absolute atomic E-state index is 0.128. The average molecular weight is 755 g/mol. The molecule has 13 heteroatoms. The van der Waals surface area contributed by atoms with E-state index in [1.54, 1.807) is 21.8 Å². The van der Waals surface area contributed by atoms with Crippen molar-refractivity contribution < 1.29 is 23.2 Å². The average Bonchev–Trinajstić information content (AvgIpc) is 3.86. The molecule has 5 heterocycles. The Bertz CT molecular complexity index is 1960. The molecule has 11 nitrogen and oxygen atoms in total. The quantitative estimate of drug-likeness (QED) is 0.100. The van der Waals surface area contributed by atoms with Crippen LogP contribution < -0.4 is 15.5 Å². The Morgan fingerprint density at radius 3 is 2.47 bits per heavy atom. The lowest BCUT2D eigenvalue weighted by atomic mass is 9.89. The Hall–Kier alpha value is -4.91. The number of aromatic nitrogens is 3. The fourth-order valence-corrected chi connectivity index (χ4v) is 8.38. The maximum absolute atomic E-state index is 14.7. The lowest BCUT2D eigenvalue weighted by Crippen LogP contribution is -2.47. The van der Waals surface area contributed by atoms with Gasteiger partial charge in [0.1, 0.15) is 29.1 Å². The van der Waals surface area contributed by atoms with Gasteiger partial charge in [-0.15, -0.1) is 0 Å². The summed E-state index contributed by atoms with van der Waals surface area (Å²) in [7, 11) is 1.82. The molecule has 2 atom stereocenters. The molecule has 1 unspecified atom stereocenters. The third kappa shape index (κ3) is 9.32. The number of nitrogens with one attached hydrogen (secondary N) is 2. The molecule has 7 rings (SSSR count). The highest BCUT2D eigenvalue weighted by molar-refractivity contribution is 6.01. The number of rotatable bonds is 15. The van der Waals surface area contributed by atoms with E-state index in [9.17, 15) is 23.2 Å². The first-order valence-corrected chi connectivity index (χ1v) is 20.0. The van der Waals surface area contributed by atoms with E-state index in [1.807, 2.05) is 30.1 Å². The molecule has 2 aromatic heterocycles. The summed E-state index contributed by atoms with van der Waals surface area (Å²) in [6.07, 6.45) is 14.7. The molecule has 0 bridgehead atoms. The number of fused-ring (bicyclic) bond motifs is 1. The van der Waals surface area contributed by atoms with Crippen LogP contribution in [0.2, 0.25) is 0 Å². The summed E-state index contributed by atoms with van der Waals surface area (Å²) in [5, 5.41) is 10.0. The maximum Gasteiger partial charge on any atom is 0.259 e. The van der Waals surface area contributed by atoms with E-state index in [-0.39, 0.29) is 29.8 Å². The summed E-state index contributed by atoms with van der Waals surface area (Å²) in [5.41, 5.74) is 3.46. The van der Waals surface area contributed by atoms with Crippen molar-refractivity contribution in [3.63, 3.8) is 0 Å². The second-order valence-corrected chi connectivity index (χ2v) is 15.4. The third-order valence-corrected chi connectivity index (χ3v) is 11.6. The van der Waals surface area contributed by atoms with Crippen molar-refractivity contribution in [2.24, 2.45) is 0 Å². The van der Waals surface area contributed by atoms with E-state index in [2.05, 4.69) is 32.8 Å². The second-order valence-electron chi connectivity index (χ2n) is 15.4. The Labute approximate surface area is 321 Å². The SMILES string of the molecule is CN(CCCCCCCCN1CCC(c2ccc(NC3CCC(=O)NC3=O)cc2)CC1)C(=O)c1cnn2ccc(N3CCC[C@@H]3c3cc(F)ccc3F)nc12. The predicted octanol–water partition coefficient (Wildman–Crippen LogP) is 6.86. The zero-order chi connectivity index (χ0) is 38.3. The van der Waals surface area contributed by atoms with Crippen LogP contribution in [0.4, 0.5) is 20.3 Å². The molecule has 0 radical (unpaired) electrons. The Morgan fingerprint density at radius 2 is 1.69 bits per heavy atom. The van der Waals surface area contributed by atoms with Crippen molar-refractivity contribution >= 4 is 34.9 Å². The smallest absolute Gasteiger partial charge is 0.259 e. The Morgan fingerprint density at radius 1 is 0.927 bits per heavy atom. The van der Waals surface area contributed by atoms with Crippen LogP contribution in [-0.2, 0) is 9.59 Å². The van der Waals surface area contributed by atoms with Crippen LogP contribution >= 0.6 is 0 Å². The first-order chi connectivity index (χ1) is 26.7. The number of hydrogen-bond donors (Lipinski definition) is 2. The molecule has 3 aliphatic rings. The van der Waals surface area contributed by atoms with Crippen molar-refractivity contribution in [1.29, 1.82) is 0 Å². The minimum atomic E-state index is -0.466. The number of piperidine rings is 2. The van der Waals surface area contributed by atoms with E-state index >= 15 is 0 Å². The molecular formula is C42H52F2N8O3. The fourth-order valence-electron chi connectivity index (χ4n) is 8.38. The highest BCUT2D eigenvalue weighted by atomic mass is 19.1. The number of unbranched alkanes of at least 4 members (excludes halogenated alkanes) is 5. The maximum atomic E-state index is 14.7. The van der Waals surface area contributed by atoms with Gasteiger partial charge in [-0.25, -0.2) is 18.3 Å². The number of nitrogens with zero attached hydrogens (tertiary/aromatic N) is 6. The zero-order valence-corrected chi connectivity index (χ0v) is 31.7. The lowest BCUT2D eigenvalue weighted by Gasteiger charge is -2.32. The summed E-state index contributed by atoms with van der Waals surface area (Å²) in [4.78, 5) is 48.1. The highest BCUT2D eigenvalue weighted by Crippen LogP contribution is 2.37. The van der Waals surface area contributed by atoms with Gasteiger partial charge in [-0.05, 0) is 112 Å². The number of carbonyl (C=O) groups excluding carboxylic acids is 3. The van der Waals surface area contributed by atoms with Crippen LogP contribution in [0.3, 0.4) is 0 Å². The summed E-state index contributed by atoms with van der Waals surface area (Å²) >= 11 is 0. The number of benzene rings is 2. The van der Waals surface area contributed by atoms with Crippen molar-refractivity contribution in [2.75, 3.05) is 50.0 Å². The summed E-state index contributed by atoms with van der Waals surface area (Å²) < 4.78 is 30.3. The first-order valence-electron chi connectivity index (χ1n) is 20.0. The van der Waals surface area contributed by atoms with E-state index in [0.717, 1.165) is 69.9 Å². The van der Waals surface area contributed by atoms with Gasteiger partial charge >= 0.3 is 0 Å². The van der Waals surface area contributed by atoms with Gasteiger partial charge in [0.25, 0.3) is 5.91 Å². The second kappa shape index (κ2) is 17.7. The van der Waals surface area contributed by atoms with Gasteiger partial charge in [0.05, 0.1) is 12.2 Å². The zero-order valence-electron chi connectivity index (χ0n) is 31.7. The third-order valence-electron chi connectivity index (χ3n) is 11.6. The van der Waals surface area contributed by atoms with Crippen molar-refractivity contribution in [3.05, 3.63) is 89.2 Å². The number of hydrogen-bond acceptors (Lipinski definition) is 8. The number of amides is 3. The summed E-state index contributed by atoms with van der Waals surface area (Å²) in [6.45, 7) is 4.66. The van der Waals surface area contributed by atoms with Gasteiger partial charge in [-0.3, -0.25) is 19.7 Å². The van der Waals surface area contributed by atoms with E-state index in [1.165, 1.54) is 37.0 Å². The monoisotopic (exact) mass is 754 g/mol. The molecule has 3 saturated heterocycles. The number of likely N-dealkylation sites (tertiary alicyclic amines) is 1. The molecule has 0 spiro atoms. The number of halogens is 2. The summed E-state index contributed by atoms with van der Waals surface area (Å²) in [5.74, 6) is -0.313. The molecule has 3 aliphatic heterocycles. The summed E-state index contributed by atoms with van der Waals surface area (Å²) in [6, 6.07) is 13.1. The number of anilines is 2. The van der Waals surface area contributed by atoms with Gasteiger partial charge in [-0.2, -0.15) is 5.10 Å². The molecule has 3 amide bonds. The van der Waals surface area contributed by atoms with Gasteiger partial charge in [-0.1, -0.05) is 37.8 Å². The van der Waals surface area contributed by atoms with Crippen LogP contribution in [0, 0.1) is 11.6 Å². The van der Waals surface area contributed by atoms with Crippen LogP contribution in [0.5, 0.6) is 0 Å². The van der Waals surface area contributed by atoms with E-state index < -0.39 is 11.6 Å². The molecule has 55 heavy (non-hydrogen) atoms. The number of carbonyl (C=O) groups is 3. The van der Waals surface area contributed by atoms with E-state index in [0.29, 0.717) is 60.9 Å². The van der Waals surface area contributed by atoms with Crippen molar-refractivity contribution in [1.82, 2.24) is 29.7 Å². The van der Waals surface area contributed by atoms with Crippen LogP contribution in [-0.4, -0.2) is 87.9 Å². The molecule has 0 aliphatic carbocycles. The highest BCUT2D eigenvalue weighted by Gasteiger charge is 2.31. The van der Waals surface area contributed by atoms with Gasteiger partial charge in [0, 0.05) is 44.0 Å². The molecule has 2 aromatic carbocycles. The van der Waals surface area contributed by atoms with Crippen molar-refractivity contribution in [3.8, 4) is 0 Å². The number of imide groups is 1.